The molecule has 47 heavy (non-hydrogen) atoms. The summed E-state index contributed by atoms with van der Waals surface area (Å²) in [5.41, 5.74) is 3.23. The van der Waals surface area contributed by atoms with Gasteiger partial charge in [-0.2, -0.15) is 0 Å². The van der Waals surface area contributed by atoms with E-state index in [1.54, 1.807) is 0 Å². The average molecular weight is 662 g/mol. The topological polar surface area (TPSA) is 135 Å². The number of aliphatic hydroxyl groups is 1. The van der Waals surface area contributed by atoms with E-state index in [9.17, 15) is 24.3 Å². The number of rotatable bonds is 20. The fourth-order valence-electron chi connectivity index (χ4n) is 4.82. The third-order valence-corrected chi connectivity index (χ3v) is 7.75. The van der Waals surface area contributed by atoms with Crippen LogP contribution >= 0.6 is 7.60 Å². The molecule has 0 radical (unpaired) electrons. The molecule has 4 rings (SSSR count). The van der Waals surface area contributed by atoms with Gasteiger partial charge in [0.1, 0.15) is 31.0 Å². The minimum atomic E-state index is -4.62. The van der Waals surface area contributed by atoms with Gasteiger partial charge in [0.15, 0.2) is 0 Å². The Morgan fingerprint density at radius 2 is 1.02 bits per heavy atom. The molecule has 0 aliphatic carbocycles. The van der Waals surface area contributed by atoms with Crippen LogP contribution in [0.15, 0.2) is 133 Å². The summed E-state index contributed by atoms with van der Waals surface area (Å²) in [6.07, 6.45) is -1.63. The van der Waals surface area contributed by atoms with Crippen molar-refractivity contribution in [2.45, 2.75) is 50.8 Å². The van der Waals surface area contributed by atoms with Crippen LogP contribution in [0, 0.1) is 0 Å². The maximum absolute atomic E-state index is 12.5. The van der Waals surface area contributed by atoms with E-state index >= 15 is 0 Å². The maximum Gasteiger partial charge on any atom is 0.348 e. The monoisotopic (exact) mass is 661 g/mol. The molecule has 0 aliphatic rings. The van der Waals surface area contributed by atoms with Gasteiger partial charge in [0.05, 0.1) is 26.4 Å². The van der Waals surface area contributed by atoms with E-state index in [1.165, 1.54) is 6.08 Å². The summed E-state index contributed by atoms with van der Waals surface area (Å²) < 4.78 is 31.2. The lowest BCUT2D eigenvalue weighted by Crippen LogP contribution is -2.55. The first-order valence-electron chi connectivity index (χ1n) is 15.1. The quantitative estimate of drug-likeness (QED) is 0.0648. The fourth-order valence-corrected chi connectivity index (χ4v) is 5.21. The number of benzene rings is 4. The van der Waals surface area contributed by atoms with Crippen LogP contribution in [0.3, 0.4) is 0 Å². The zero-order chi connectivity index (χ0) is 33.3. The van der Waals surface area contributed by atoms with Crippen molar-refractivity contribution >= 4 is 14.0 Å². The standard InChI is InChI=1S/C36H40NO9P/c38-23-33(37(28-39)46-27-32-19-11-4-12-20-32)35(44-25-30-15-7-2-8-16-30)36(45-26-31-17-9-3-10-18-31)34(21-22-47(40,41)42)43-24-29-13-5-1-6-14-29/h1-22,28,33-36,38H,23-27H2,(H2,40,41,42)/b22-21+/t33-,34-,35+,36-/m1/s1. The van der Waals surface area contributed by atoms with E-state index in [0.29, 0.717) is 6.41 Å². The number of carbonyl (C=O) groups is 1. The molecular formula is C36H40NO9P. The van der Waals surface area contributed by atoms with E-state index in [2.05, 4.69) is 0 Å². The molecule has 0 fully saturated rings. The molecule has 1 amide bonds. The molecule has 11 heteroatoms. The molecule has 248 valence electrons. The van der Waals surface area contributed by atoms with Crippen molar-refractivity contribution in [3.63, 3.8) is 0 Å². The molecule has 3 N–H and O–H groups in total. The number of aliphatic hydroxyl groups excluding tert-OH is 1. The number of nitrogens with zero attached hydrogens (tertiary/aromatic N) is 1. The van der Waals surface area contributed by atoms with Gasteiger partial charge in [-0.25, -0.2) is 5.06 Å². The molecule has 0 saturated heterocycles. The molecule has 4 atom stereocenters. The van der Waals surface area contributed by atoms with Gasteiger partial charge >= 0.3 is 7.60 Å². The molecule has 10 nitrogen and oxygen atoms in total. The number of hydrogen-bond acceptors (Lipinski definition) is 7. The molecule has 4 aromatic rings. The number of carbonyl (C=O) groups excluding carboxylic acids is 1. The van der Waals surface area contributed by atoms with E-state index in [1.807, 2.05) is 121 Å². The Labute approximate surface area is 274 Å². The van der Waals surface area contributed by atoms with Gasteiger partial charge in [0.25, 0.3) is 0 Å². The highest BCUT2D eigenvalue weighted by atomic mass is 31.2. The lowest BCUT2D eigenvalue weighted by molar-refractivity contribution is -0.235. The normalized spacial score (nSPS) is 14.4. The summed E-state index contributed by atoms with van der Waals surface area (Å²) >= 11 is 0. The Balaban J connectivity index is 1.74. The van der Waals surface area contributed by atoms with Crippen molar-refractivity contribution in [2.24, 2.45) is 0 Å². The predicted octanol–water partition coefficient (Wildman–Crippen LogP) is 5.39. The highest BCUT2D eigenvalue weighted by Gasteiger charge is 2.40. The second kappa shape index (κ2) is 19.0. The molecule has 0 saturated carbocycles. The number of hydrogen-bond donors (Lipinski definition) is 3. The maximum atomic E-state index is 12.5. The van der Waals surface area contributed by atoms with Crippen molar-refractivity contribution in [1.29, 1.82) is 0 Å². The average Bonchev–Trinajstić information content (AvgIpc) is 3.10. The van der Waals surface area contributed by atoms with Crippen molar-refractivity contribution < 1.29 is 43.3 Å². The zero-order valence-corrected chi connectivity index (χ0v) is 26.7. The lowest BCUT2D eigenvalue weighted by atomic mass is 9.99. The van der Waals surface area contributed by atoms with Crippen LogP contribution in [0.5, 0.6) is 0 Å². The molecule has 0 spiro atoms. The second-order valence-corrected chi connectivity index (χ2v) is 12.2. The number of amides is 1. The molecule has 0 bridgehead atoms. The third kappa shape index (κ3) is 12.3. The van der Waals surface area contributed by atoms with Crippen LogP contribution in [-0.2, 0) is 54.8 Å². The number of ether oxygens (including phenoxy) is 3. The summed E-state index contributed by atoms with van der Waals surface area (Å²) in [7, 11) is -4.62. The fraction of sp³-hybridized carbons (Fsp3) is 0.250. The Hall–Kier alpha value is -3.96. The summed E-state index contributed by atoms with van der Waals surface area (Å²) in [4.78, 5) is 37.9. The number of hydroxylamine groups is 2. The van der Waals surface area contributed by atoms with E-state index in [-0.39, 0.29) is 26.4 Å². The van der Waals surface area contributed by atoms with Crippen LogP contribution in [0.1, 0.15) is 22.3 Å². The molecule has 0 aliphatic heterocycles. The van der Waals surface area contributed by atoms with Crippen LogP contribution in [0.25, 0.3) is 0 Å². The van der Waals surface area contributed by atoms with Gasteiger partial charge in [0.2, 0.25) is 6.41 Å². The van der Waals surface area contributed by atoms with Crippen molar-refractivity contribution in [2.75, 3.05) is 6.61 Å². The van der Waals surface area contributed by atoms with Crippen LogP contribution in [0.4, 0.5) is 0 Å². The Morgan fingerprint density at radius 1 is 0.617 bits per heavy atom. The molecule has 0 unspecified atom stereocenters. The van der Waals surface area contributed by atoms with Crippen molar-refractivity contribution in [1.82, 2.24) is 5.06 Å². The minimum Gasteiger partial charge on any atom is -0.394 e. The molecule has 0 heterocycles. The van der Waals surface area contributed by atoms with Crippen molar-refractivity contribution in [3.05, 3.63) is 155 Å². The summed E-state index contributed by atoms with van der Waals surface area (Å²) in [6.45, 7) is -0.365. The second-order valence-electron chi connectivity index (χ2n) is 10.7. The zero-order valence-electron chi connectivity index (χ0n) is 25.8. The van der Waals surface area contributed by atoms with Gasteiger partial charge in [-0.1, -0.05) is 121 Å². The molecule has 4 aromatic carbocycles. The van der Waals surface area contributed by atoms with Crippen LogP contribution < -0.4 is 0 Å². The predicted molar refractivity (Wildman–Crippen MR) is 176 cm³/mol. The smallest absolute Gasteiger partial charge is 0.348 e. The molecule has 0 aromatic heterocycles. The highest BCUT2D eigenvalue weighted by molar-refractivity contribution is 7.55. The molecular weight excluding hydrogens is 621 g/mol. The highest BCUT2D eigenvalue weighted by Crippen LogP contribution is 2.37. The summed E-state index contributed by atoms with van der Waals surface area (Å²) in [6, 6.07) is 36.0. The Morgan fingerprint density at radius 3 is 1.43 bits per heavy atom. The van der Waals surface area contributed by atoms with E-state index < -0.39 is 38.6 Å². The summed E-state index contributed by atoms with van der Waals surface area (Å²) in [5, 5.41) is 11.8. The first kappa shape index (κ1) is 35.9. The van der Waals surface area contributed by atoms with Gasteiger partial charge in [-0.3, -0.25) is 14.2 Å². The van der Waals surface area contributed by atoms with Gasteiger partial charge in [0, 0.05) is 5.82 Å². The Bertz CT molecular complexity index is 1520. The van der Waals surface area contributed by atoms with Crippen LogP contribution in [-0.4, -0.2) is 57.3 Å². The first-order valence-corrected chi connectivity index (χ1v) is 16.8. The van der Waals surface area contributed by atoms with Gasteiger partial charge in [-0.15, -0.1) is 0 Å². The first-order chi connectivity index (χ1) is 22.9. The lowest BCUT2D eigenvalue weighted by Gasteiger charge is -2.39. The third-order valence-electron chi connectivity index (χ3n) is 7.19. The van der Waals surface area contributed by atoms with Gasteiger partial charge in [-0.05, 0) is 28.3 Å². The van der Waals surface area contributed by atoms with Crippen molar-refractivity contribution in [3.8, 4) is 0 Å². The van der Waals surface area contributed by atoms with Gasteiger partial charge < -0.3 is 29.1 Å². The Kier molecular flexibility index (Phi) is 14.5. The van der Waals surface area contributed by atoms with E-state index in [0.717, 1.165) is 33.1 Å². The van der Waals surface area contributed by atoms with E-state index in [4.69, 9.17) is 19.0 Å². The summed E-state index contributed by atoms with van der Waals surface area (Å²) in [5.74, 6) is 0.757. The van der Waals surface area contributed by atoms with Crippen LogP contribution in [0.2, 0.25) is 0 Å². The minimum absolute atomic E-state index is 0.0308. The largest absolute Gasteiger partial charge is 0.394 e. The SMILES string of the molecule is O=CN(OCc1ccccc1)[C@H](CO)[C@H](OCc1ccccc1)[C@H](OCc1ccccc1)[C@@H](/C=C/P(=O)(O)O)OCc1ccccc1.